The Morgan fingerprint density at radius 3 is 2.46 bits per heavy atom. The van der Waals surface area contributed by atoms with Gasteiger partial charge in [0.05, 0.1) is 18.9 Å². The largest absolute Gasteiger partial charge is 0.497 e. The molecule has 2 aromatic rings. The molecule has 0 saturated carbocycles. The summed E-state index contributed by atoms with van der Waals surface area (Å²) >= 11 is 0. The van der Waals surface area contributed by atoms with Crippen molar-refractivity contribution in [2.24, 2.45) is 0 Å². The summed E-state index contributed by atoms with van der Waals surface area (Å²) in [7, 11) is 1.64. The molecule has 2 amide bonds. The number of nitrogens with zero attached hydrogens (tertiary/aromatic N) is 2. The monoisotopic (exact) mass is 356 g/mol. The lowest BCUT2D eigenvalue weighted by molar-refractivity contribution is -0.131. The predicted octanol–water partition coefficient (Wildman–Crippen LogP) is 2.60. The van der Waals surface area contributed by atoms with Gasteiger partial charge in [-0.3, -0.25) is 9.59 Å². The number of benzene rings is 1. The fourth-order valence-corrected chi connectivity index (χ4v) is 3.14. The third-order valence-electron chi connectivity index (χ3n) is 4.69. The van der Waals surface area contributed by atoms with Gasteiger partial charge in [-0.05, 0) is 36.6 Å². The molecular formula is C20H24N2O4. The van der Waals surface area contributed by atoms with Crippen LogP contribution in [0.25, 0.3) is 0 Å². The minimum absolute atomic E-state index is 0.0359. The smallest absolute Gasteiger partial charge is 0.257 e. The number of hydrogen-bond acceptors (Lipinski definition) is 4. The standard InChI is InChI=1S/C20H24N2O4/c1-25-18-6-3-16(4-7-18)5-8-19(23)21-10-2-11-22(13-12-21)20(24)17-9-14-26-15-17/h3-4,6-7,9,14-15H,2,5,8,10-13H2,1H3. The van der Waals surface area contributed by atoms with Gasteiger partial charge in [0.1, 0.15) is 12.0 Å². The zero-order valence-corrected chi connectivity index (χ0v) is 15.0. The highest BCUT2D eigenvalue weighted by Gasteiger charge is 2.23. The van der Waals surface area contributed by atoms with Crippen LogP contribution < -0.4 is 4.74 Å². The SMILES string of the molecule is COc1ccc(CCC(=O)N2CCCN(C(=O)c3ccoc3)CC2)cc1. The van der Waals surface area contributed by atoms with Crippen LogP contribution in [0.2, 0.25) is 0 Å². The Morgan fingerprint density at radius 1 is 1.04 bits per heavy atom. The molecule has 0 spiro atoms. The molecule has 0 unspecified atom stereocenters. The molecule has 1 aliphatic rings. The van der Waals surface area contributed by atoms with Crippen LogP contribution in [0.15, 0.2) is 47.3 Å². The first-order chi connectivity index (χ1) is 12.7. The lowest BCUT2D eigenvalue weighted by Gasteiger charge is -2.22. The molecule has 1 aromatic carbocycles. The third kappa shape index (κ3) is 4.45. The predicted molar refractivity (Wildman–Crippen MR) is 97.1 cm³/mol. The molecule has 0 aliphatic carbocycles. The number of furan rings is 1. The Bertz CT molecular complexity index is 725. The Balaban J connectivity index is 1.50. The van der Waals surface area contributed by atoms with Gasteiger partial charge in [-0.2, -0.15) is 0 Å². The van der Waals surface area contributed by atoms with Crippen LogP contribution in [-0.4, -0.2) is 54.9 Å². The van der Waals surface area contributed by atoms with Gasteiger partial charge in [-0.25, -0.2) is 0 Å². The first-order valence-electron chi connectivity index (χ1n) is 8.89. The van der Waals surface area contributed by atoms with Crippen LogP contribution in [-0.2, 0) is 11.2 Å². The third-order valence-corrected chi connectivity index (χ3v) is 4.69. The van der Waals surface area contributed by atoms with E-state index in [9.17, 15) is 9.59 Å². The number of carbonyl (C=O) groups is 2. The van der Waals surface area contributed by atoms with Gasteiger partial charge in [0.15, 0.2) is 0 Å². The summed E-state index contributed by atoms with van der Waals surface area (Å²) in [6.07, 6.45) is 4.93. The van der Waals surface area contributed by atoms with E-state index >= 15 is 0 Å². The average molecular weight is 356 g/mol. The molecule has 1 fully saturated rings. The van der Waals surface area contributed by atoms with E-state index in [1.165, 1.54) is 12.5 Å². The van der Waals surface area contributed by atoms with Gasteiger partial charge >= 0.3 is 0 Å². The van der Waals surface area contributed by atoms with Crippen molar-refractivity contribution in [2.75, 3.05) is 33.3 Å². The van der Waals surface area contributed by atoms with Crippen LogP contribution in [0.4, 0.5) is 0 Å². The number of hydrogen-bond donors (Lipinski definition) is 0. The van der Waals surface area contributed by atoms with E-state index in [0.29, 0.717) is 44.6 Å². The molecule has 26 heavy (non-hydrogen) atoms. The van der Waals surface area contributed by atoms with Crippen molar-refractivity contribution >= 4 is 11.8 Å². The van der Waals surface area contributed by atoms with Crippen LogP contribution in [0, 0.1) is 0 Å². The average Bonchev–Trinajstić information content (AvgIpc) is 3.10. The topological polar surface area (TPSA) is 63.0 Å². The van der Waals surface area contributed by atoms with E-state index in [2.05, 4.69) is 0 Å². The van der Waals surface area contributed by atoms with Crippen molar-refractivity contribution in [3.8, 4) is 5.75 Å². The number of aryl methyl sites for hydroxylation is 1. The molecular weight excluding hydrogens is 332 g/mol. The van der Waals surface area contributed by atoms with Crippen molar-refractivity contribution in [1.82, 2.24) is 9.80 Å². The van der Waals surface area contributed by atoms with Crippen molar-refractivity contribution < 1.29 is 18.7 Å². The summed E-state index contributed by atoms with van der Waals surface area (Å²) in [6, 6.07) is 9.46. The second-order valence-electron chi connectivity index (χ2n) is 6.39. The first-order valence-corrected chi connectivity index (χ1v) is 8.89. The van der Waals surface area contributed by atoms with Crippen molar-refractivity contribution in [3.63, 3.8) is 0 Å². The minimum atomic E-state index is -0.0359. The van der Waals surface area contributed by atoms with Crippen LogP contribution in [0.5, 0.6) is 5.75 Å². The highest BCUT2D eigenvalue weighted by Crippen LogP contribution is 2.14. The normalized spacial score (nSPS) is 14.8. The lowest BCUT2D eigenvalue weighted by Crippen LogP contribution is -2.37. The highest BCUT2D eigenvalue weighted by atomic mass is 16.5. The van der Waals surface area contributed by atoms with Gasteiger partial charge in [0.2, 0.25) is 5.91 Å². The molecule has 1 saturated heterocycles. The molecule has 0 radical (unpaired) electrons. The molecule has 138 valence electrons. The summed E-state index contributed by atoms with van der Waals surface area (Å²) in [5.41, 5.74) is 1.68. The van der Waals surface area contributed by atoms with Crippen LogP contribution in [0.1, 0.15) is 28.8 Å². The molecule has 3 rings (SSSR count). The molecule has 0 atom stereocenters. The Kier molecular flexibility index (Phi) is 5.94. The first kappa shape index (κ1) is 18.0. The van der Waals surface area contributed by atoms with Crippen LogP contribution >= 0.6 is 0 Å². The second kappa shape index (κ2) is 8.56. The summed E-state index contributed by atoms with van der Waals surface area (Å²) in [6.45, 7) is 2.48. The number of methoxy groups -OCH3 is 1. The van der Waals surface area contributed by atoms with E-state index in [0.717, 1.165) is 17.7 Å². The number of amides is 2. The summed E-state index contributed by atoms with van der Waals surface area (Å²) < 4.78 is 10.1. The quantitative estimate of drug-likeness (QED) is 0.826. The van der Waals surface area contributed by atoms with Gasteiger partial charge < -0.3 is 19.0 Å². The Hall–Kier alpha value is -2.76. The lowest BCUT2D eigenvalue weighted by atomic mass is 10.1. The van der Waals surface area contributed by atoms with Gasteiger partial charge in [-0.1, -0.05) is 12.1 Å². The number of rotatable bonds is 5. The van der Waals surface area contributed by atoms with E-state index in [1.807, 2.05) is 29.2 Å². The molecule has 0 N–H and O–H groups in total. The van der Waals surface area contributed by atoms with Crippen molar-refractivity contribution in [3.05, 3.63) is 54.0 Å². The maximum Gasteiger partial charge on any atom is 0.257 e. The fraction of sp³-hybridized carbons (Fsp3) is 0.400. The summed E-state index contributed by atoms with van der Waals surface area (Å²) in [5.74, 6) is 0.916. The second-order valence-corrected chi connectivity index (χ2v) is 6.39. The zero-order valence-electron chi connectivity index (χ0n) is 15.0. The van der Waals surface area contributed by atoms with Gasteiger partial charge in [-0.15, -0.1) is 0 Å². The van der Waals surface area contributed by atoms with Crippen LogP contribution in [0.3, 0.4) is 0 Å². The molecule has 0 bridgehead atoms. The summed E-state index contributed by atoms with van der Waals surface area (Å²) in [4.78, 5) is 28.6. The summed E-state index contributed by atoms with van der Waals surface area (Å²) in [5, 5.41) is 0. The van der Waals surface area contributed by atoms with Gasteiger partial charge in [0.25, 0.3) is 5.91 Å². The highest BCUT2D eigenvalue weighted by molar-refractivity contribution is 5.93. The number of carbonyl (C=O) groups excluding carboxylic acids is 2. The number of ether oxygens (including phenoxy) is 1. The Labute approximate surface area is 153 Å². The maximum atomic E-state index is 12.5. The van der Waals surface area contributed by atoms with E-state index in [-0.39, 0.29) is 11.8 Å². The van der Waals surface area contributed by atoms with Crippen molar-refractivity contribution in [2.45, 2.75) is 19.3 Å². The van der Waals surface area contributed by atoms with E-state index < -0.39 is 0 Å². The fourth-order valence-electron chi connectivity index (χ4n) is 3.14. The maximum absolute atomic E-state index is 12.5. The minimum Gasteiger partial charge on any atom is -0.497 e. The molecule has 6 nitrogen and oxygen atoms in total. The van der Waals surface area contributed by atoms with Crippen molar-refractivity contribution in [1.29, 1.82) is 0 Å². The molecule has 2 heterocycles. The van der Waals surface area contributed by atoms with E-state index in [1.54, 1.807) is 18.1 Å². The zero-order chi connectivity index (χ0) is 18.4. The molecule has 1 aliphatic heterocycles. The Morgan fingerprint density at radius 2 is 1.77 bits per heavy atom. The van der Waals surface area contributed by atoms with Gasteiger partial charge in [0, 0.05) is 32.6 Å². The molecule has 6 heteroatoms. The van der Waals surface area contributed by atoms with E-state index in [4.69, 9.17) is 9.15 Å². The molecule has 1 aromatic heterocycles.